The molecule has 0 amide bonds. The fraction of sp³-hybridized carbons (Fsp3) is 0.118. The number of hydrogen-bond donors (Lipinski definition) is 0. The lowest BCUT2D eigenvalue weighted by atomic mass is 10.0. The molecule has 0 atom stereocenters. The molecule has 0 saturated carbocycles. The Hall–Kier alpha value is -2.49. The molecule has 0 radical (unpaired) electrons. The number of ketones is 1. The Bertz CT molecular complexity index is 834. The average Bonchev–Trinajstić information content (AvgIpc) is 2.76. The van der Waals surface area contributed by atoms with Gasteiger partial charge >= 0.3 is 0 Å². The Labute approximate surface area is 120 Å². The summed E-state index contributed by atoms with van der Waals surface area (Å²) in [5.41, 5.74) is 1.65. The molecule has 0 aliphatic rings. The van der Waals surface area contributed by atoms with Crippen molar-refractivity contribution in [2.24, 2.45) is 0 Å². The molecule has 1 heterocycles. The largest absolute Gasteiger partial charge is 0.453 e. The van der Waals surface area contributed by atoms with Crippen LogP contribution in [0.1, 0.15) is 21.7 Å². The zero-order valence-electron chi connectivity index (χ0n) is 11.3. The number of carbonyl (C=O) groups excluding carboxylic acids is 1. The van der Waals surface area contributed by atoms with Gasteiger partial charge in [0.05, 0.1) is 0 Å². The lowest BCUT2D eigenvalue weighted by Gasteiger charge is -2.00. The smallest absolute Gasteiger partial charge is 0.202 e. The van der Waals surface area contributed by atoms with Gasteiger partial charge in [0.25, 0.3) is 0 Å². The number of fused-ring (bicyclic) bond motifs is 1. The summed E-state index contributed by atoms with van der Waals surface area (Å²) in [5, 5.41) is 0.581. The molecule has 0 N–H and O–H groups in total. The van der Waals surface area contributed by atoms with Crippen LogP contribution in [-0.4, -0.2) is 5.78 Å². The first-order valence-electron chi connectivity index (χ1n) is 6.51. The van der Waals surface area contributed by atoms with Crippen molar-refractivity contribution in [2.75, 3.05) is 0 Å². The molecule has 106 valence electrons. The van der Waals surface area contributed by atoms with E-state index >= 15 is 0 Å². The highest BCUT2D eigenvalue weighted by molar-refractivity contribution is 6.01. The van der Waals surface area contributed by atoms with Crippen LogP contribution in [0.3, 0.4) is 0 Å². The van der Waals surface area contributed by atoms with Gasteiger partial charge in [-0.2, -0.15) is 0 Å². The standard InChI is InChI=1S/C17H12F2O2/c1-10-14-9-13(19)5-6-16(14)21-17(10)15(20)8-11-3-2-4-12(18)7-11/h2-7,9H,8H2,1H3. The first kappa shape index (κ1) is 13.5. The Balaban J connectivity index is 1.96. The average molecular weight is 286 g/mol. The molecule has 0 saturated heterocycles. The molecular weight excluding hydrogens is 274 g/mol. The molecule has 3 aromatic rings. The minimum Gasteiger partial charge on any atom is -0.453 e. The second-order valence-corrected chi connectivity index (χ2v) is 4.93. The third-order valence-corrected chi connectivity index (χ3v) is 3.41. The summed E-state index contributed by atoms with van der Waals surface area (Å²) in [5.74, 6) is -0.825. The van der Waals surface area contributed by atoms with Crippen LogP contribution in [0.15, 0.2) is 46.9 Å². The van der Waals surface area contributed by atoms with E-state index in [2.05, 4.69) is 0 Å². The third kappa shape index (κ3) is 2.57. The van der Waals surface area contributed by atoms with E-state index in [1.54, 1.807) is 19.1 Å². The zero-order chi connectivity index (χ0) is 15.0. The number of halogens is 2. The van der Waals surface area contributed by atoms with Crippen molar-refractivity contribution in [1.29, 1.82) is 0 Å². The van der Waals surface area contributed by atoms with Crippen molar-refractivity contribution in [3.05, 3.63) is 71.0 Å². The van der Waals surface area contributed by atoms with E-state index in [1.165, 1.54) is 30.3 Å². The van der Waals surface area contributed by atoms with E-state index in [0.717, 1.165) is 0 Å². The summed E-state index contributed by atoms with van der Waals surface area (Å²) in [6.07, 6.45) is 0.0426. The second-order valence-electron chi connectivity index (χ2n) is 4.93. The molecule has 0 fully saturated rings. The monoisotopic (exact) mass is 286 g/mol. The Morgan fingerprint density at radius 1 is 1.10 bits per heavy atom. The number of aryl methyl sites for hydroxylation is 1. The van der Waals surface area contributed by atoms with Gasteiger partial charge in [0.2, 0.25) is 5.78 Å². The minimum atomic E-state index is -0.385. The maximum Gasteiger partial charge on any atom is 0.202 e. The normalized spacial score (nSPS) is 11.0. The highest BCUT2D eigenvalue weighted by Gasteiger charge is 2.18. The van der Waals surface area contributed by atoms with Crippen molar-refractivity contribution in [2.45, 2.75) is 13.3 Å². The van der Waals surface area contributed by atoms with E-state index in [-0.39, 0.29) is 29.6 Å². The Morgan fingerprint density at radius 3 is 2.62 bits per heavy atom. The van der Waals surface area contributed by atoms with Crippen LogP contribution >= 0.6 is 0 Å². The number of rotatable bonds is 3. The van der Waals surface area contributed by atoms with Crippen LogP contribution in [0.4, 0.5) is 8.78 Å². The molecule has 2 aromatic carbocycles. The number of hydrogen-bond acceptors (Lipinski definition) is 2. The first-order valence-corrected chi connectivity index (χ1v) is 6.51. The molecule has 3 rings (SSSR count). The SMILES string of the molecule is Cc1c(C(=O)Cc2cccc(F)c2)oc2ccc(F)cc12. The fourth-order valence-corrected chi connectivity index (χ4v) is 2.37. The van der Waals surface area contributed by atoms with E-state index in [1.807, 2.05) is 0 Å². The molecule has 4 heteroatoms. The lowest BCUT2D eigenvalue weighted by molar-refractivity contribution is 0.0967. The molecule has 2 nitrogen and oxygen atoms in total. The van der Waals surface area contributed by atoms with Crippen LogP contribution in [0, 0.1) is 18.6 Å². The molecule has 0 unspecified atom stereocenters. The second kappa shape index (κ2) is 5.13. The maximum absolute atomic E-state index is 13.2. The third-order valence-electron chi connectivity index (χ3n) is 3.41. The van der Waals surface area contributed by atoms with Crippen LogP contribution in [0.25, 0.3) is 11.0 Å². The summed E-state index contributed by atoms with van der Waals surface area (Å²) in [6.45, 7) is 1.71. The van der Waals surface area contributed by atoms with Gasteiger partial charge in [-0.3, -0.25) is 4.79 Å². The molecule has 1 aromatic heterocycles. The van der Waals surface area contributed by atoms with Crippen LogP contribution < -0.4 is 0 Å². The van der Waals surface area contributed by atoms with E-state index < -0.39 is 0 Å². The van der Waals surface area contributed by atoms with Gasteiger partial charge in [0.1, 0.15) is 17.2 Å². The predicted octanol–water partition coefficient (Wildman–Crippen LogP) is 4.44. The molecule has 21 heavy (non-hydrogen) atoms. The van der Waals surface area contributed by atoms with Gasteiger partial charge < -0.3 is 4.42 Å². The molecular formula is C17H12F2O2. The number of benzene rings is 2. The van der Waals surface area contributed by atoms with Crippen LogP contribution in [0.5, 0.6) is 0 Å². The zero-order valence-corrected chi connectivity index (χ0v) is 11.3. The van der Waals surface area contributed by atoms with Crippen molar-refractivity contribution < 1.29 is 18.0 Å². The minimum absolute atomic E-state index is 0.0426. The summed E-state index contributed by atoms with van der Waals surface area (Å²) >= 11 is 0. The molecule has 0 spiro atoms. The maximum atomic E-state index is 13.2. The number of furan rings is 1. The number of Topliss-reactive ketones (excluding diaryl/α,β-unsaturated/α-hetero) is 1. The van der Waals surface area contributed by atoms with Gasteiger partial charge in [-0.05, 0) is 42.8 Å². The van der Waals surface area contributed by atoms with Crippen molar-refractivity contribution >= 4 is 16.8 Å². The van der Waals surface area contributed by atoms with Crippen molar-refractivity contribution in [3.63, 3.8) is 0 Å². The van der Waals surface area contributed by atoms with Gasteiger partial charge in [-0.15, -0.1) is 0 Å². The lowest BCUT2D eigenvalue weighted by Crippen LogP contribution is -2.04. The summed E-state index contributed by atoms with van der Waals surface area (Å²) in [4.78, 5) is 12.3. The fourth-order valence-electron chi connectivity index (χ4n) is 2.37. The Kier molecular flexibility index (Phi) is 3.29. The highest BCUT2D eigenvalue weighted by Crippen LogP contribution is 2.27. The van der Waals surface area contributed by atoms with E-state index in [9.17, 15) is 13.6 Å². The summed E-state index contributed by atoms with van der Waals surface area (Å²) in [7, 11) is 0. The quantitative estimate of drug-likeness (QED) is 0.666. The van der Waals surface area contributed by atoms with Gasteiger partial charge in [0, 0.05) is 17.4 Å². The van der Waals surface area contributed by atoms with Gasteiger partial charge in [0.15, 0.2) is 5.76 Å². The van der Waals surface area contributed by atoms with Crippen molar-refractivity contribution in [3.8, 4) is 0 Å². The first-order chi connectivity index (χ1) is 10.0. The number of carbonyl (C=O) groups is 1. The molecule has 0 bridgehead atoms. The Morgan fingerprint density at radius 2 is 1.86 bits per heavy atom. The molecule has 0 aliphatic carbocycles. The van der Waals surface area contributed by atoms with E-state index in [4.69, 9.17) is 4.42 Å². The van der Waals surface area contributed by atoms with Gasteiger partial charge in [-0.1, -0.05) is 12.1 Å². The van der Waals surface area contributed by atoms with Gasteiger partial charge in [-0.25, -0.2) is 8.78 Å². The van der Waals surface area contributed by atoms with Crippen LogP contribution in [-0.2, 0) is 6.42 Å². The van der Waals surface area contributed by atoms with Crippen LogP contribution in [0.2, 0.25) is 0 Å². The van der Waals surface area contributed by atoms with Crippen molar-refractivity contribution in [1.82, 2.24) is 0 Å². The highest BCUT2D eigenvalue weighted by atomic mass is 19.1. The van der Waals surface area contributed by atoms with E-state index in [0.29, 0.717) is 22.1 Å². The summed E-state index contributed by atoms with van der Waals surface area (Å²) in [6, 6.07) is 9.99. The topological polar surface area (TPSA) is 30.2 Å². The molecule has 0 aliphatic heterocycles. The predicted molar refractivity (Wildman–Crippen MR) is 75.3 cm³/mol. The summed E-state index contributed by atoms with van der Waals surface area (Å²) < 4.78 is 31.9.